The maximum absolute atomic E-state index is 13.1. The van der Waals surface area contributed by atoms with Crippen molar-refractivity contribution in [1.82, 2.24) is 0 Å². The fraction of sp³-hybridized carbons (Fsp3) is 0.350. The number of aliphatic hydroxyl groups excluding tert-OH is 1. The topological polar surface area (TPSA) is 55.8 Å². The lowest BCUT2D eigenvalue weighted by molar-refractivity contribution is -0.148. The van der Waals surface area contributed by atoms with Crippen LogP contribution >= 0.6 is 0 Å². The molecule has 0 aromatic heterocycles. The van der Waals surface area contributed by atoms with Gasteiger partial charge in [0.15, 0.2) is 0 Å². The van der Waals surface area contributed by atoms with Crippen LogP contribution in [0, 0.1) is 5.82 Å². The largest absolute Gasteiger partial charge is 0.416 e. The summed E-state index contributed by atoms with van der Waals surface area (Å²) in [5, 5.41) is 8.92. The van der Waals surface area contributed by atoms with Crippen molar-refractivity contribution in [2.75, 3.05) is 13.2 Å². The van der Waals surface area contributed by atoms with Crippen LogP contribution in [-0.2, 0) is 21.8 Å². The van der Waals surface area contributed by atoms with Crippen LogP contribution < -0.4 is 0 Å². The second-order valence-electron chi connectivity index (χ2n) is 6.41. The number of aliphatic hydroxyl groups is 1. The van der Waals surface area contributed by atoms with Gasteiger partial charge in [-0.15, -0.1) is 0 Å². The smallest absolute Gasteiger partial charge is 0.394 e. The monoisotopic (exact) mass is 454 g/mol. The Morgan fingerprint density at radius 3 is 1.94 bits per heavy atom. The zero-order valence-electron chi connectivity index (χ0n) is 15.9. The van der Waals surface area contributed by atoms with Crippen molar-refractivity contribution in [2.45, 2.75) is 31.7 Å². The van der Waals surface area contributed by atoms with E-state index in [-0.39, 0.29) is 11.6 Å². The number of hydrogen-bond acceptors (Lipinski definition) is 4. The molecule has 0 aliphatic heterocycles. The van der Waals surface area contributed by atoms with Gasteiger partial charge in [0.1, 0.15) is 5.82 Å². The van der Waals surface area contributed by atoms with Gasteiger partial charge >= 0.3 is 12.4 Å². The summed E-state index contributed by atoms with van der Waals surface area (Å²) in [5.41, 5.74) is -3.64. The van der Waals surface area contributed by atoms with Gasteiger partial charge < -0.3 is 14.6 Å². The Morgan fingerprint density at radius 2 is 1.48 bits per heavy atom. The molecule has 0 aliphatic rings. The molecular formula is C20H17F7O4. The molecule has 0 bridgehead atoms. The second kappa shape index (κ2) is 9.75. The molecule has 0 heterocycles. The highest BCUT2D eigenvalue weighted by atomic mass is 19.4. The van der Waals surface area contributed by atoms with Gasteiger partial charge in [0.05, 0.1) is 30.4 Å². The van der Waals surface area contributed by atoms with E-state index in [4.69, 9.17) is 14.6 Å². The van der Waals surface area contributed by atoms with E-state index in [2.05, 4.69) is 0 Å². The molecule has 0 amide bonds. The summed E-state index contributed by atoms with van der Waals surface area (Å²) in [6.45, 7) is 0.205. The van der Waals surface area contributed by atoms with Crippen LogP contribution in [0.2, 0.25) is 0 Å². The Kier molecular flexibility index (Phi) is 7.79. The van der Waals surface area contributed by atoms with Crippen molar-refractivity contribution in [3.05, 3.63) is 70.5 Å². The molecule has 31 heavy (non-hydrogen) atoms. The Hall–Kier alpha value is -2.50. The standard InChI is InChI=1S/C20H17F7O4/c1-11(13-8-14(19(22,23)24)10-15(9-13)20(25,26)27)31-18(30-7-6-28)17(29)12-2-4-16(21)5-3-12/h2-5,8-11,18,28H,6-7H2,1H3. The lowest BCUT2D eigenvalue weighted by Gasteiger charge is -2.23. The highest BCUT2D eigenvalue weighted by Crippen LogP contribution is 2.38. The van der Waals surface area contributed by atoms with Crippen LogP contribution in [0.15, 0.2) is 42.5 Å². The predicted octanol–water partition coefficient (Wildman–Crippen LogP) is 5.16. The number of hydrogen-bond donors (Lipinski definition) is 1. The maximum Gasteiger partial charge on any atom is 0.416 e. The zero-order chi connectivity index (χ0) is 23.4. The average Bonchev–Trinajstić information content (AvgIpc) is 2.69. The predicted molar refractivity (Wildman–Crippen MR) is 93.5 cm³/mol. The van der Waals surface area contributed by atoms with Crippen molar-refractivity contribution in [2.24, 2.45) is 0 Å². The number of ether oxygens (including phenoxy) is 2. The van der Waals surface area contributed by atoms with Crippen molar-refractivity contribution in [1.29, 1.82) is 0 Å². The molecule has 2 unspecified atom stereocenters. The van der Waals surface area contributed by atoms with E-state index in [0.29, 0.717) is 12.1 Å². The normalized spacial score (nSPS) is 14.4. The summed E-state index contributed by atoms with van der Waals surface area (Å²) in [6.07, 6.45) is -13.3. The van der Waals surface area contributed by atoms with Gasteiger partial charge in [-0.2, -0.15) is 26.3 Å². The molecular weight excluding hydrogens is 437 g/mol. The van der Waals surface area contributed by atoms with E-state index in [1.165, 1.54) is 0 Å². The van der Waals surface area contributed by atoms with Crippen LogP contribution in [-0.4, -0.2) is 30.4 Å². The average molecular weight is 454 g/mol. The van der Waals surface area contributed by atoms with Crippen LogP contribution in [0.25, 0.3) is 0 Å². The number of alkyl halides is 6. The van der Waals surface area contributed by atoms with Crippen molar-refractivity contribution >= 4 is 5.78 Å². The summed E-state index contributed by atoms with van der Waals surface area (Å²) in [5.74, 6) is -1.49. The van der Waals surface area contributed by atoms with Gasteiger partial charge in [-0.3, -0.25) is 4.79 Å². The summed E-state index contributed by atoms with van der Waals surface area (Å²) in [4.78, 5) is 12.6. The molecule has 0 saturated heterocycles. The first-order valence-electron chi connectivity index (χ1n) is 8.80. The van der Waals surface area contributed by atoms with Crippen molar-refractivity contribution in [3.63, 3.8) is 0 Å². The van der Waals surface area contributed by atoms with Gasteiger partial charge in [-0.05, 0) is 55.0 Å². The quantitative estimate of drug-likeness (QED) is 0.340. The SMILES string of the molecule is CC(OC(OCCO)C(=O)c1ccc(F)cc1)c1cc(C(F)(F)F)cc(C(F)(F)F)c1. The molecule has 170 valence electrons. The van der Waals surface area contributed by atoms with E-state index >= 15 is 0 Å². The minimum atomic E-state index is -5.05. The van der Waals surface area contributed by atoms with Gasteiger partial charge in [0, 0.05) is 5.56 Å². The van der Waals surface area contributed by atoms with Gasteiger partial charge in [-0.1, -0.05) is 0 Å². The van der Waals surface area contributed by atoms with E-state index in [1.54, 1.807) is 0 Å². The molecule has 2 rings (SSSR count). The molecule has 2 aromatic rings. The third kappa shape index (κ3) is 6.74. The Balaban J connectivity index is 2.36. The van der Waals surface area contributed by atoms with E-state index in [0.717, 1.165) is 31.2 Å². The molecule has 1 N–H and O–H groups in total. The number of rotatable bonds is 8. The first kappa shape index (κ1) is 24.8. The van der Waals surface area contributed by atoms with Crippen LogP contribution in [0.1, 0.15) is 40.1 Å². The van der Waals surface area contributed by atoms with Crippen LogP contribution in [0.5, 0.6) is 0 Å². The van der Waals surface area contributed by atoms with E-state index < -0.39 is 66.3 Å². The molecule has 0 spiro atoms. The molecule has 0 aliphatic carbocycles. The number of carbonyl (C=O) groups is 1. The van der Waals surface area contributed by atoms with E-state index in [1.807, 2.05) is 0 Å². The molecule has 4 nitrogen and oxygen atoms in total. The van der Waals surface area contributed by atoms with Crippen molar-refractivity contribution in [3.8, 4) is 0 Å². The lowest BCUT2D eigenvalue weighted by atomic mass is 10.0. The fourth-order valence-corrected chi connectivity index (χ4v) is 2.56. The first-order valence-corrected chi connectivity index (χ1v) is 8.80. The second-order valence-corrected chi connectivity index (χ2v) is 6.41. The summed E-state index contributed by atoms with van der Waals surface area (Å²) >= 11 is 0. The third-order valence-corrected chi connectivity index (χ3v) is 4.11. The third-order valence-electron chi connectivity index (χ3n) is 4.11. The zero-order valence-corrected chi connectivity index (χ0v) is 15.9. The highest BCUT2D eigenvalue weighted by Gasteiger charge is 2.37. The summed E-state index contributed by atoms with van der Waals surface area (Å²) in [6, 6.07) is 5.08. The summed E-state index contributed by atoms with van der Waals surface area (Å²) in [7, 11) is 0. The van der Waals surface area contributed by atoms with Gasteiger partial charge in [-0.25, -0.2) is 4.39 Å². The molecule has 2 aromatic carbocycles. The lowest BCUT2D eigenvalue weighted by Crippen LogP contribution is -2.30. The number of ketones is 1. The summed E-state index contributed by atoms with van der Waals surface area (Å²) < 4.78 is 102. The minimum absolute atomic E-state index is 0.0281. The highest BCUT2D eigenvalue weighted by molar-refractivity contribution is 5.98. The number of benzene rings is 2. The number of Topliss-reactive ketones (excluding diaryl/α,β-unsaturated/α-hetero) is 1. The molecule has 0 fully saturated rings. The van der Waals surface area contributed by atoms with E-state index in [9.17, 15) is 35.5 Å². The van der Waals surface area contributed by atoms with Crippen LogP contribution in [0.4, 0.5) is 30.7 Å². The van der Waals surface area contributed by atoms with Crippen molar-refractivity contribution < 1.29 is 50.1 Å². The minimum Gasteiger partial charge on any atom is -0.394 e. The Labute approximate surface area is 172 Å². The fourth-order valence-electron chi connectivity index (χ4n) is 2.56. The first-order chi connectivity index (χ1) is 14.3. The maximum atomic E-state index is 13.1. The molecule has 0 radical (unpaired) electrons. The van der Waals surface area contributed by atoms with Crippen LogP contribution in [0.3, 0.4) is 0 Å². The molecule has 0 saturated carbocycles. The van der Waals surface area contributed by atoms with Gasteiger partial charge in [0.2, 0.25) is 12.1 Å². The van der Waals surface area contributed by atoms with Gasteiger partial charge in [0.25, 0.3) is 0 Å². The number of carbonyl (C=O) groups excluding carboxylic acids is 1. The molecule has 2 atom stereocenters. The number of halogens is 7. The molecule has 11 heteroatoms. The Morgan fingerprint density at radius 1 is 0.968 bits per heavy atom. The Bertz CT molecular complexity index is 860.